The second kappa shape index (κ2) is 10.8. The number of fused-ring (bicyclic) bond motifs is 2. The molecule has 8 heteroatoms. The maximum Gasteiger partial charge on any atom is 0.222 e. The van der Waals surface area contributed by atoms with Crippen LogP contribution in [0.2, 0.25) is 0 Å². The lowest BCUT2D eigenvalue weighted by Crippen LogP contribution is -2.44. The molecule has 1 aromatic carbocycles. The second-order valence-corrected chi connectivity index (χ2v) is 12.4. The number of aryl methyl sites for hydroxylation is 2. The number of amides is 1. The van der Waals surface area contributed by atoms with Crippen molar-refractivity contribution in [2.75, 3.05) is 26.2 Å². The molecule has 0 saturated carbocycles. The number of carbonyl (C=O) groups is 1. The van der Waals surface area contributed by atoms with Gasteiger partial charge in [-0.15, -0.1) is 0 Å². The molecule has 36 heavy (non-hydrogen) atoms. The number of nitrogens with zero attached hydrogens (tertiary/aromatic N) is 3. The molecule has 192 valence electrons. The minimum absolute atomic E-state index is 0.146. The number of guanidine groups is 1. The number of benzene rings is 1. The number of rotatable bonds is 3. The maximum atomic E-state index is 13.2. The van der Waals surface area contributed by atoms with Gasteiger partial charge in [-0.1, -0.05) is 28.1 Å². The molecule has 3 heterocycles. The molecule has 2 aliphatic heterocycles. The quantitative estimate of drug-likeness (QED) is 0.358. The monoisotopic (exact) mass is 615 g/mol. The summed E-state index contributed by atoms with van der Waals surface area (Å²) < 4.78 is 2.27. The Labute approximate surface area is 230 Å². The zero-order valence-electron chi connectivity index (χ0n) is 20.9. The summed E-state index contributed by atoms with van der Waals surface area (Å²) in [7, 11) is 0. The summed E-state index contributed by atoms with van der Waals surface area (Å²) in [6.45, 7) is 5.38. The van der Waals surface area contributed by atoms with Gasteiger partial charge in [0.25, 0.3) is 0 Å². The Kier molecular flexibility index (Phi) is 7.73. The first kappa shape index (κ1) is 25.7. The van der Waals surface area contributed by atoms with Crippen LogP contribution in [0.5, 0.6) is 0 Å². The molecule has 0 radical (unpaired) electrons. The summed E-state index contributed by atoms with van der Waals surface area (Å²) in [5, 5.41) is 7.62. The predicted molar refractivity (Wildman–Crippen MR) is 150 cm³/mol. The standard InChI is InChI=1S/C28H35Br2N5O/c1-17-2-4-22-23(26(17)30)5-3-20-15-21(29)16-33-27(20)25(22)19-8-12-34(13-9-19)24(36)14-18-6-10-35(11-7-18)28(31)32/h2,4,15-16,18-19,25H,3,5-14H2,1H3,(H3,31,32). The van der Waals surface area contributed by atoms with E-state index in [0.717, 1.165) is 69.2 Å². The predicted octanol–water partition coefficient (Wildman–Crippen LogP) is 5.38. The smallest absolute Gasteiger partial charge is 0.222 e. The number of hydrogen-bond donors (Lipinski definition) is 2. The zero-order valence-corrected chi connectivity index (χ0v) is 24.1. The van der Waals surface area contributed by atoms with E-state index in [4.69, 9.17) is 16.1 Å². The van der Waals surface area contributed by atoms with Crippen LogP contribution in [-0.2, 0) is 17.6 Å². The van der Waals surface area contributed by atoms with Crippen LogP contribution in [-0.4, -0.2) is 52.8 Å². The number of likely N-dealkylation sites (tertiary alicyclic amines) is 2. The van der Waals surface area contributed by atoms with E-state index < -0.39 is 0 Å². The van der Waals surface area contributed by atoms with E-state index in [0.29, 0.717) is 18.3 Å². The molecule has 1 aliphatic carbocycles. The summed E-state index contributed by atoms with van der Waals surface area (Å²) in [6.07, 6.45) is 8.44. The number of nitrogens with two attached hydrogens (primary N) is 1. The first-order valence-corrected chi connectivity index (χ1v) is 14.7. The lowest BCUT2D eigenvalue weighted by atomic mass is 9.76. The maximum absolute atomic E-state index is 13.2. The molecule has 0 bridgehead atoms. The van der Waals surface area contributed by atoms with Crippen molar-refractivity contribution >= 4 is 43.7 Å². The van der Waals surface area contributed by atoms with E-state index in [-0.39, 0.29) is 17.8 Å². The fourth-order valence-electron chi connectivity index (χ4n) is 6.39. The van der Waals surface area contributed by atoms with Crippen molar-refractivity contribution in [1.82, 2.24) is 14.8 Å². The van der Waals surface area contributed by atoms with Gasteiger partial charge in [-0.25, -0.2) is 0 Å². The highest BCUT2D eigenvalue weighted by molar-refractivity contribution is 9.10. The first-order chi connectivity index (χ1) is 17.3. The van der Waals surface area contributed by atoms with E-state index >= 15 is 0 Å². The Balaban J connectivity index is 1.30. The van der Waals surface area contributed by atoms with Crippen molar-refractivity contribution in [2.45, 2.75) is 57.8 Å². The number of halogens is 2. The topological polar surface area (TPSA) is 86.3 Å². The molecule has 3 N–H and O–H groups in total. The van der Waals surface area contributed by atoms with Crippen molar-refractivity contribution in [3.05, 3.63) is 61.3 Å². The zero-order chi connectivity index (χ0) is 25.4. The molecule has 1 unspecified atom stereocenters. The van der Waals surface area contributed by atoms with Gasteiger partial charge in [-0.2, -0.15) is 0 Å². The molecule has 6 nitrogen and oxygen atoms in total. The third-order valence-electron chi connectivity index (χ3n) is 8.50. The fourth-order valence-corrected chi connectivity index (χ4v) is 7.33. The van der Waals surface area contributed by atoms with Gasteiger partial charge >= 0.3 is 0 Å². The van der Waals surface area contributed by atoms with Crippen LogP contribution in [0.3, 0.4) is 0 Å². The van der Waals surface area contributed by atoms with Crippen LogP contribution in [0.1, 0.15) is 66.0 Å². The molecule has 0 spiro atoms. The highest BCUT2D eigenvalue weighted by atomic mass is 79.9. The molecule has 5 rings (SSSR count). The lowest BCUT2D eigenvalue weighted by molar-refractivity contribution is -0.134. The van der Waals surface area contributed by atoms with Gasteiger partial charge in [-0.05, 0) is 102 Å². The van der Waals surface area contributed by atoms with Gasteiger partial charge in [0, 0.05) is 53.7 Å². The number of piperidine rings is 2. The molecule has 2 fully saturated rings. The lowest BCUT2D eigenvalue weighted by Gasteiger charge is -2.38. The van der Waals surface area contributed by atoms with Crippen molar-refractivity contribution < 1.29 is 4.79 Å². The molecule has 2 saturated heterocycles. The average Bonchev–Trinajstić information content (AvgIpc) is 3.03. The van der Waals surface area contributed by atoms with E-state index in [1.165, 1.54) is 32.4 Å². The number of pyridine rings is 1. The fraction of sp³-hybridized carbons (Fsp3) is 0.536. The van der Waals surface area contributed by atoms with Crippen LogP contribution in [0.15, 0.2) is 33.3 Å². The molecule has 1 atom stereocenters. The van der Waals surface area contributed by atoms with Gasteiger partial charge in [-0.3, -0.25) is 15.2 Å². The van der Waals surface area contributed by atoms with Gasteiger partial charge in [0.2, 0.25) is 5.91 Å². The normalized spacial score (nSPS) is 21.0. The third kappa shape index (κ3) is 5.21. The van der Waals surface area contributed by atoms with Crippen LogP contribution >= 0.6 is 31.9 Å². The van der Waals surface area contributed by atoms with Crippen LogP contribution in [0, 0.1) is 24.2 Å². The Morgan fingerprint density at radius 3 is 2.47 bits per heavy atom. The Hall–Kier alpha value is -1.93. The first-order valence-electron chi connectivity index (χ1n) is 13.1. The Morgan fingerprint density at radius 1 is 1.08 bits per heavy atom. The highest BCUT2D eigenvalue weighted by Gasteiger charge is 2.36. The van der Waals surface area contributed by atoms with Crippen LogP contribution < -0.4 is 5.73 Å². The van der Waals surface area contributed by atoms with E-state index in [1.54, 1.807) is 0 Å². The summed E-state index contributed by atoms with van der Waals surface area (Å²) in [6, 6.07) is 6.80. The van der Waals surface area contributed by atoms with Gasteiger partial charge in [0.15, 0.2) is 5.96 Å². The molecular weight excluding hydrogens is 582 g/mol. The van der Waals surface area contributed by atoms with Crippen molar-refractivity contribution in [2.24, 2.45) is 17.6 Å². The third-order valence-corrected chi connectivity index (χ3v) is 10.0. The largest absolute Gasteiger partial charge is 0.370 e. The van der Waals surface area contributed by atoms with Gasteiger partial charge in [0.05, 0.1) is 5.69 Å². The number of carbonyl (C=O) groups excluding carboxylic acids is 1. The summed E-state index contributed by atoms with van der Waals surface area (Å²) in [5.74, 6) is 1.56. The average molecular weight is 617 g/mol. The van der Waals surface area contributed by atoms with Gasteiger partial charge < -0.3 is 15.5 Å². The number of aromatic nitrogens is 1. The van der Waals surface area contributed by atoms with E-state index in [1.807, 2.05) is 11.1 Å². The molecule has 2 aromatic rings. The molecule has 3 aliphatic rings. The molecular formula is C28H35Br2N5O. The second-order valence-electron chi connectivity index (χ2n) is 10.7. The van der Waals surface area contributed by atoms with Gasteiger partial charge in [0.1, 0.15) is 0 Å². The van der Waals surface area contributed by atoms with Crippen molar-refractivity contribution in [3.8, 4) is 0 Å². The van der Waals surface area contributed by atoms with Crippen LogP contribution in [0.4, 0.5) is 0 Å². The van der Waals surface area contributed by atoms with E-state index in [2.05, 4.69) is 61.9 Å². The molecule has 1 amide bonds. The highest BCUT2D eigenvalue weighted by Crippen LogP contribution is 2.45. The summed E-state index contributed by atoms with van der Waals surface area (Å²) >= 11 is 7.53. The minimum Gasteiger partial charge on any atom is -0.370 e. The minimum atomic E-state index is 0.146. The number of hydrogen-bond acceptors (Lipinski definition) is 3. The van der Waals surface area contributed by atoms with Crippen molar-refractivity contribution in [3.63, 3.8) is 0 Å². The van der Waals surface area contributed by atoms with E-state index in [9.17, 15) is 4.79 Å². The Bertz CT molecular complexity index is 1150. The summed E-state index contributed by atoms with van der Waals surface area (Å²) in [5.41, 5.74) is 12.3. The molecule has 1 aromatic heterocycles. The summed E-state index contributed by atoms with van der Waals surface area (Å²) in [4.78, 5) is 22.1. The Morgan fingerprint density at radius 2 is 1.78 bits per heavy atom. The van der Waals surface area contributed by atoms with Crippen molar-refractivity contribution in [1.29, 1.82) is 5.41 Å². The number of nitrogens with one attached hydrogen (secondary N) is 1. The SMILES string of the molecule is Cc1ccc2c(c1Br)CCc1cc(Br)cnc1C2C1CCN(C(=O)CC2CCN(C(=N)N)CC2)CC1. The van der Waals surface area contributed by atoms with Crippen LogP contribution in [0.25, 0.3) is 0 Å².